The Labute approximate surface area is 179 Å². The number of aromatic nitrogens is 3. The molecule has 6 nitrogen and oxygen atoms in total. The highest BCUT2D eigenvalue weighted by molar-refractivity contribution is 5.98. The number of carbonyl (C=O) groups excluding carboxylic acids is 1. The van der Waals surface area contributed by atoms with Crippen LogP contribution >= 0.6 is 0 Å². The number of pyridine rings is 1. The minimum absolute atomic E-state index is 0.0669. The van der Waals surface area contributed by atoms with Crippen LogP contribution in [0.3, 0.4) is 0 Å². The fourth-order valence-electron chi connectivity index (χ4n) is 3.74. The van der Waals surface area contributed by atoms with Crippen LogP contribution in [0, 0.1) is 11.6 Å². The van der Waals surface area contributed by atoms with Gasteiger partial charge in [-0.25, -0.2) is 8.78 Å². The number of methoxy groups -OCH3 is 1. The average molecular weight is 422 g/mol. The number of hydrogen-bond acceptors (Lipinski definition) is 4. The second kappa shape index (κ2) is 7.16. The van der Waals surface area contributed by atoms with Gasteiger partial charge in [-0.2, -0.15) is 5.10 Å². The first-order chi connectivity index (χ1) is 15.7. The first-order valence-electron chi connectivity index (χ1n) is 10.5. The minimum atomic E-state index is -2.29. The minimum Gasteiger partial charge on any atom is -0.497 e. The van der Waals surface area contributed by atoms with E-state index in [2.05, 4.69) is 10.1 Å². The molecule has 3 heterocycles. The Hall–Kier alpha value is -3.81. The predicted octanol–water partition coefficient (Wildman–Crippen LogP) is 4.08. The fourth-order valence-corrected chi connectivity index (χ4v) is 3.74. The molecule has 2 aromatic carbocycles. The van der Waals surface area contributed by atoms with Crippen molar-refractivity contribution in [1.29, 1.82) is 0 Å². The third-order valence-corrected chi connectivity index (χ3v) is 5.24. The van der Waals surface area contributed by atoms with Crippen molar-refractivity contribution >= 4 is 16.8 Å². The SMILES string of the molecule is [2H]C1([2H])c2ncccc2C(=O)N1Cc1c(F)cc(-c2cc(OC)cc3nn(C)cc23)cc1F. The molecule has 0 radical (unpaired) electrons. The molecule has 5 rings (SSSR count). The zero-order valence-electron chi connectivity index (χ0n) is 18.7. The average Bonchev–Trinajstić information content (AvgIpc) is 3.24. The molecule has 1 aliphatic heterocycles. The van der Waals surface area contributed by atoms with E-state index in [1.807, 2.05) is 0 Å². The van der Waals surface area contributed by atoms with Crippen LogP contribution in [-0.4, -0.2) is 32.7 Å². The predicted molar refractivity (Wildman–Crippen MR) is 110 cm³/mol. The first-order valence-corrected chi connectivity index (χ1v) is 9.48. The molecule has 0 N–H and O–H groups in total. The number of aryl methyl sites for hydroxylation is 1. The van der Waals surface area contributed by atoms with E-state index in [1.165, 1.54) is 37.6 Å². The summed E-state index contributed by atoms with van der Waals surface area (Å²) < 4.78 is 53.9. The van der Waals surface area contributed by atoms with E-state index in [4.69, 9.17) is 7.48 Å². The Morgan fingerprint density at radius 2 is 1.97 bits per heavy atom. The normalized spacial score (nSPS) is 15.7. The molecule has 8 heteroatoms. The molecule has 0 spiro atoms. The van der Waals surface area contributed by atoms with Crippen LogP contribution in [0.2, 0.25) is 0 Å². The van der Waals surface area contributed by atoms with Crippen LogP contribution < -0.4 is 4.74 Å². The smallest absolute Gasteiger partial charge is 0.256 e. The van der Waals surface area contributed by atoms with E-state index in [1.54, 1.807) is 30.1 Å². The summed E-state index contributed by atoms with van der Waals surface area (Å²) in [5.74, 6) is -1.96. The van der Waals surface area contributed by atoms with E-state index in [-0.39, 0.29) is 16.8 Å². The molecular weight excluding hydrogens is 402 g/mol. The van der Waals surface area contributed by atoms with Crippen molar-refractivity contribution in [2.75, 3.05) is 7.11 Å². The molecule has 0 saturated carbocycles. The number of carbonyl (C=O) groups is 1. The maximum absolute atomic E-state index is 15.2. The number of ether oxygens (including phenoxy) is 1. The number of halogens is 2. The van der Waals surface area contributed by atoms with E-state index >= 15 is 8.78 Å². The van der Waals surface area contributed by atoms with Crippen molar-refractivity contribution in [2.45, 2.75) is 13.0 Å². The zero-order chi connectivity index (χ0) is 23.5. The molecule has 0 fully saturated rings. The molecule has 0 atom stereocenters. The zero-order valence-corrected chi connectivity index (χ0v) is 16.7. The molecule has 0 saturated heterocycles. The van der Waals surface area contributed by atoms with Gasteiger partial charge in [-0.05, 0) is 41.5 Å². The first kappa shape index (κ1) is 16.9. The number of benzene rings is 2. The van der Waals surface area contributed by atoms with Gasteiger partial charge in [0.15, 0.2) is 0 Å². The number of rotatable bonds is 4. The topological polar surface area (TPSA) is 60.3 Å². The van der Waals surface area contributed by atoms with Crippen LogP contribution in [0.1, 0.15) is 24.4 Å². The molecule has 1 amide bonds. The molecule has 0 aliphatic carbocycles. The van der Waals surface area contributed by atoms with Gasteiger partial charge in [-0.15, -0.1) is 0 Å². The summed E-state index contributed by atoms with van der Waals surface area (Å²) in [5, 5.41) is 5.03. The molecular formula is C23H18F2N4O2. The highest BCUT2D eigenvalue weighted by Crippen LogP contribution is 2.34. The molecule has 2 aromatic heterocycles. The van der Waals surface area contributed by atoms with Gasteiger partial charge in [0.25, 0.3) is 5.91 Å². The van der Waals surface area contributed by atoms with Gasteiger partial charge >= 0.3 is 0 Å². The van der Waals surface area contributed by atoms with E-state index < -0.39 is 36.1 Å². The van der Waals surface area contributed by atoms with Crippen molar-refractivity contribution in [3.05, 3.63) is 77.2 Å². The third-order valence-electron chi connectivity index (χ3n) is 5.24. The highest BCUT2D eigenvalue weighted by Gasteiger charge is 2.29. The van der Waals surface area contributed by atoms with E-state index in [0.29, 0.717) is 22.2 Å². The summed E-state index contributed by atoms with van der Waals surface area (Å²) in [6, 6.07) is 8.69. The molecule has 156 valence electrons. The van der Waals surface area contributed by atoms with Gasteiger partial charge < -0.3 is 9.64 Å². The van der Waals surface area contributed by atoms with Crippen molar-refractivity contribution in [3.8, 4) is 16.9 Å². The van der Waals surface area contributed by atoms with Crippen LogP contribution in [0.4, 0.5) is 8.78 Å². The van der Waals surface area contributed by atoms with Gasteiger partial charge in [0, 0.05) is 36.5 Å². The summed E-state index contributed by atoms with van der Waals surface area (Å²) in [6.45, 7) is -2.87. The summed E-state index contributed by atoms with van der Waals surface area (Å²) >= 11 is 0. The molecule has 4 aromatic rings. The largest absolute Gasteiger partial charge is 0.497 e. The summed E-state index contributed by atoms with van der Waals surface area (Å²) in [4.78, 5) is 17.5. The molecule has 0 bridgehead atoms. The van der Waals surface area contributed by atoms with Crippen molar-refractivity contribution in [3.63, 3.8) is 0 Å². The number of fused-ring (bicyclic) bond motifs is 2. The van der Waals surface area contributed by atoms with Crippen LogP contribution in [-0.2, 0) is 20.1 Å². The fraction of sp³-hybridized carbons (Fsp3) is 0.174. The van der Waals surface area contributed by atoms with E-state index in [0.717, 1.165) is 4.90 Å². The second-order valence-corrected chi connectivity index (χ2v) is 7.23. The number of nitrogens with zero attached hydrogens (tertiary/aromatic N) is 4. The van der Waals surface area contributed by atoms with Gasteiger partial charge in [-0.1, -0.05) is 0 Å². The Balaban J connectivity index is 1.56. The Bertz CT molecular complexity index is 1410. The van der Waals surface area contributed by atoms with Crippen LogP contribution in [0.5, 0.6) is 5.75 Å². The van der Waals surface area contributed by atoms with E-state index in [9.17, 15) is 4.79 Å². The molecule has 1 aliphatic rings. The van der Waals surface area contributed by atoms with Crippen molar-refractivity contribution in [2.24, 2.45) is 7.05 Å². The quantitative estimate of drug-likeness (QED) is 0.497. The summed E-state index contributed by atoms with van der Waals surface area (Å²) in [7, 11) is 3.24. The highest BCUT2D eigenvalue weighted by atomic mass is 19.1. The standard InChI is InChI=1S/C23H18F2N4O2/c1-28-10-17-16(8-14(31-2)9-21(17)27-28)13-6-19(24)18(20(25)7-13)11-29-12-22-15(23(29)30)4-3-5-26-22/h3-10H,11-12H2,1-2H3/i12D2. The van der Waals surface area contributed by atoms with Gasteiger partial charge in [0.05, 0.1) is 39.7 Å². The number of hydrogen-bond donors (Lipinski definition) is 0. The lowest BCUT2D eigenvalue weighted by Crippen LogP contribution is -2.24. The van der Waals surface area contributed by atoms with Crippen molar-refractivity contribution < 1.29 is 21.1 Å². The molecule has 0 unspecified atom stereocenters. The van der Waals surface area contributed by atoms with Crippen LogP contribution in [0.25, 0.3) is 22.0 Å². The summed E-state index contributed by atoms with van der Waals surface area (Å²) in [5.41, 5.74) is 1.02. The Morgan fingerprint density at radius 1 is 1.19 bits per heavy atom. The monoisotopic (exact) mass is 422 g/mol. The summed E-state index contributed by atoms with van der Waals surface area (Å²) in [6.07, 6.45) is 3.12. The molecule has 31 heavy (non-hydrogen) atoms. The maximum atomic E-state index is 15.2. The lowest BCUT2D eigenvalue weighted by atomic mass is 9.99. The van der Waals surface area contributed by atoms with Crippen molar-refractivity contribution in [1.82, 2.24) is 19.7 Å². The van der Waals surface area contributed by atoms with Crippen LogP contribution in [0.15, 0.2) is 48.8 Å². The van der Waals surface area contributed by atoms with Gasteiger partial charge in [-0.3, -0.25) is 14.5 Å². The third kappa shape index (κ3) is 3.20. The lowest BCUT2D eigenvalue weighted by molar-refractivity contribution is 0.0763. The van der Waals surface area contributed by atoms with Gasteiger partial charge in [0.1, 0.15) is 17.4 Å². The maximum Gasteiger partial charge on any atom is 0.256 e. The lowest BCUT2D eigenvalue weighted by Gasteiger charge is -2.17. The second-order valence-electron chi connectivity index (χ2n) is 7.23. The number of amides is 1. The van der Waals surface area contributed by atoms with Gasteiger partial charge in [0.2, 0.25) is 0 Å². The Morgan fingerprint density at radius 3 is 2.68 bits per heavy atom. The Kier molecular flexibility index (Phi) is 3.91.